The molecule has 0 spiro atoms. The van der Waals surface area contributed by atoms with Gasteiger partial charge in [0.25, 0.3) is 0 Å². The summed E-state index contributed by atoms with van der Waals surface area (Å²) in [5.74, 6) is 4.89. The van der Waals surface area contributed by atoms with Crippen molar-refractivity contribution in [2.45, 2.75) is 44.3 Å². The Bertz CT molecular complexity index is 580. The molecule has 4 aliphatic rings. The number of aliphatic hydroxyl groups excluding tert-OH is 1. The van der Waals surface area contributed by atoms with Gasteiger partial charge >= 0.3 is 0 Å². The van der Waals surface area contributed by atoms with Gasteiger partial charge in [0.2, 0.25) is 0 Å². The highest BCUT2D eigenvalue weighted by atomic mass is 16.5. The second-order valence-electron chi connectivity index (χ2n) is 8.59. The van der Waals surface area contributed by atoms with Crippen LogP contribution in [-0.2, 0) is 4.74 Å². The van der Waals surface area contributed by atoms with E-state index in [9.17, 15) is 5.11 Å². The van der Waals surface area contributed by atoms with E-state index in [-0.39, 0.29) is 0 Å². The highest BCUT2D eigenvalue weighted by Crippen LogP contribution is 2.54. The van der Waals surface area contributed by atoms with Crippen molar-refractivity contribution in [1.82, 2.24) is 5.32 Å². The maximum Gasteiger partial charge on any atom is 0.161 e. The number of ether oxygens (including phenoxy) is 3. The molecule has 5 rings (SSSR count). The molecule has 1 aromatic rings. The highest BCUT2D eigenvalue weighted by molar-refractivity contribution is 5.39. The second kappa shape index (κ2) is 8.80. The summed E-state index contributed by atoms with van der Waals surface area (Å²) < 4.78 is 17.2. The normalized spacial score (nSPS) is 32.4. The number of aliphatic hydroxyl groups is 1. The van der Waals surface area contributed by atoms with Crippen molar-refractivity contribution in [2.75, 3.05) is 33.4 Å². The molecule has 1 aromatic carbocycles. The van der Waals surface area contributed by atoms with E-state index in [0.717, 1.165) is 35.2 Å². The van der Waals surface area contributed by atoms with Gasteiger partial charge in [-0.2, -0.15) is 0 Å². The van der Waals surface area contributed by atoms with Gasteiger partial charge in [0.05, 0.1) is 25.9 Å². The Balaban J connectivity index is 1.11. The number of para-hydroxylation sites is 2. The number of methoxy groups -OCH3 is 1. The molecule has 0 aliphatic heterocycles. The van der Waals surface area contributed by atoms with Gasteiger partial charge < -0.3 is 24.6 Å². The van der Waals surface area contributed by atoms with Crippen LogP contribution in [0.25, 0.3) is 0 Å². The molecule has 4 fully saturated rings. The van der Waals surface area contributed by atoms with Crippen LogP contribution in [0.1, 0.15) is 32.1 Å². The molecular weight excluding hydrogens is 342 g/mol. The zero-order chi connectivity index (χ0) is 18.6. The Labute approximate surface area is 162 Å². The fourth-order valence-electron chi connectivity index (χ4n) is 5.67. The minimum absolute atomic E-state index is 0.390. The lowest BCUT2D eigenvalue weighted by molar-refractivity contribution is -0.139. The third-order valence-corrected chi connectivity index (χ3v) is 6.61. The van der Waals surface area contributed by atoms with E-state index in [1.54, 1.807) is 7.11 Å². The number of hydrogen-bond donors (Lipinski definition) is 2. The summed E-state index contributed by atoms with van der Waals surface area (Å²) >= 11 is 0. The van der Waals surface area contributed by atoms with Crippen LogP contribution in [0, 0.1) is 23.7 Å². The predicted octanol–water partition coefficient (Wildman–Crippen LogP) is 2.87. The number of nitrogens with one attached hydrogen (secondary N) is 1. The smallest absolute Gasteiger partial charge is 0.161 e. The Kier molecular flexibility index (Phi) is 6.21. The maximum absolute atomic E-state index is 10.3. The lowest BCUT2D eigenvalue weighted by atomic mass is 9.55. The maximum atomic E-state index is 10.3. The molecule has 5 heteroatoms. The summed E-state index contributed by atoms with van der Waals surface area (Å²) in [6, 6.07) is 7.63. The van der Waals surface area contributed by atoms with Crippen LogP contribution in [0.3, 0.4) is 0 Å². The molecule has 2 N–H and O–H groups in total. The molecule has 4 bridgehead atoms. The summed E-state index contributed by atoms with van der Waals surface area (Å²) in [7, 11) is 1.64. The lowest BCUT2D eigenvalue weighted by Gasteiger charge is -2.54. The molecule has 0 amide bonds. The van der Waals surface area contributed by atoms with Crippen molar-refractivity contribution in [3.63, 3.8) is 0 Å². The monoisotopic (exact) mass is 375 g/mol. The Morgan fingerprint density at radius 3 is 2.37 bits per heavy atom. The van der Waals surface area contributed by atoms with Gasteiger partial charge in [-0.3, -0.25) is 0 Å². The predicted molar refractivity (Wildman–Crippen MR) is 104 cm³/mol. The molecule has 27 heavy (non-hydrogen) atoms. The zero-order valence-corrected chi connectivity index (χ0v) is 16.3. The van der Waals surface area contributed by atoms with E-state index in [0.29, 0.717) is 32.4 Å². The molecule has 4 saturated carbocycles. The summed E-state index contributed by atoms with van der Waals surface area (Å²) in [5, 5.41) is 13.5. The van der Waals surface area contributed by atoms with Gasteiger partial charge in [-0.1, -0.05) is 12.1 Å². The van der Waals surface area contributed by atoms with Crippen molar-refractivity contribution < 1.29 is 19.3 Å². The van der Waals surface area contributed by atoms with Crippen LogP contribution in [-0.4, -0.2) is 50.7 Å². The number of hydrogen-bond acceptors (Lipinski definition) is 5. The van der Waals surface area contributed by atoms with Gasteiger partial charge in [0.1, 0.15) is 6.61 Å². The van der Waals surface area contributed by atoms with Crippen LogP contribution in [0.2, 0.25) is 0 Å². The molecule has 0 radical (unpaired) electrons. The van der Waals surface area contributed by atoms with Crippen LogP contribution >= 0.6 is 0 Å². The minimum Gasteiger partial charge on any atom is -0.493 e. The molecule has 0 heterocycles. The third-order valence-electron chi connectivity index (χ3n) is 6.61. The standard InChI is InChI=1S/C22H33NO4/c1-25-20-4-2-3-5-21(20)26-7-6-23-13-19(24)14-27-22-17-9-15-8-16(11-17)12-18(22)10-15/h2-5,15-19,22-24H,6-14H2,1H3. The SMILES string of the molecule is COc1ccccc1OCCNCC(O)COC1C2CC3CC(C2)CC1C3. The van der Waals surface area contributed by atoms with Crippen molar-refractivity contribution in [3.8, 4) is 11.5 Å². The Morgan fingerprint density at radius 2 is 1.70 bits per heavy atom. The molecule has 1 unspecified atom stereocenters. The van der Waals surface area contributed by atoms with E-state index < -0.39 is 6.10 Å². The molecule has 150 valence electrons. The Morgan fingerprint density at radius 1 is 1.04 bits per heavy atom. The molecule has 4 aliphatic carbocycles. The summed E-state index contributed by atoms with van der Waals surface area (Å²) in [4.78, 5) is 0. The van der Waals surface area contributed by atoms with Crippen molar-refractivity contribution in [2.24, 2.45) is 23.7 Å². The Hall–Kier alpha value is -1.30. The van der Waals surface area contributed by atoms with E-state index in [2.05, 4.69) is 5.32 Å². The van der Waals surface area contributed by atoms with Crippen molar-refractivity contribution in [3.05, 3.63) is 24.3 Å². The lowest BCUT2D eigenvalue weighted by Crippen LogP contribution is -2.50. The topological polar surface area (TPSA) is 60.0 Å². The fourth-order valence-corrected chi connectivity index (χ4v) is 5.67. The van der Waals surface area contributed by atoms with E-state index >= 15 is 0 Å². The average molecular weight is 376 g/mol. The van der Waals surface area contributed by atoms with Crippen molar-refractivity contribution in [1.29, 1.82) is 0 Å². The molecular formula is C22H33NO4. The van der Waals surface area contributed by atoms with E-state index in [1.165, 1.54) is 32.1 Å². The summed E-state index contributed by atoms with van der Waals surface area (Å²) in [5.41, 5.74) is 0. The highest BCUT2D eigenvalue weighted by Gasteiger charge is 2.48. The van der Waals surface area contributed by atoms with Crippen LogP contribution < -0.4 is 14.8 Å². The van der Waals surface area contributed by atoms with Gasteiger partial charge in [0.15, 0.2) is 11.5 Å². The fraction of sp³-hybridized carbons (Fsp3) is 0.727. The summed E-state index contributed by atoms with van der Waals surface area (Å²) in [6.45, 7) is 2.17. The van der Waals surface area contributed by atoms with Crippen LogP contribution in [0.15, 0.2) is 24.3 Å². The first-order valence-corrected chi connectivity index (χ1v) is 10.5. The first-order valence-electron chi connectivity index (χ1n) is 10.5. The summed E-state index contributed by atoms with van der Waals surface area (Å²) in [6.07, 6.45) is 6.80. The van der Waals surface area contributed by atoms with Gasteiger partial charge in [-0.25, -0.2) is 0 Å². The van der Waals surface area contributed by atoms with Crippen LogP contribution in [0.4, 0.5) is 0 Å². The number of benzene rings is 1. The van der Waals surface area contributed by atoms with Crippen molar-refractivity contribution >= 4 is 0 Å². The first kappa shape index (κ1) is 19.0. The van der Waals surface area contributed by atoms with Crippen LogP contribution in [0.5, 0.6) is 11.5 Å². The average Bonchev–Trinajstić information content (AvgIpc) is 2.67. The molecule has 1 atom stereocenters. The largest absolute Gasteiger partial charge is 0.493 e. The van der Waals surface area contributed by atoms with E-state index in [4.69, 9.17) is 14.2 Å². The quantitative estimate of drug-likeness (QED) is 0.616. The third kappa shape index (κ3) is 4.58. The molecule has 5 nitrogen and oxygen atoms in total. The minimum atomic E-state index is -0.464. The van der Waals surface area contributed by atoms with Gasteiger partial charge in [0, 0.05) is 13.1 Å². The van der Waals surface area contributed by atoms with Gasteiger partial charge in [-0.15, -0.1) is 0 Å². The van der Waals surface area contributed by atoms with E-state index in [1.807, 2.05) is 24.3 Å². The molecule has 0 aromatic heterocycles. The second-order valence-corrected chi connectivity index (χ2v) is 8.59. The number of rotatable bonds is 10. The zero-order valence-electron chi connectivity index (χ0n) is 16.3. The first-order chi connectivity index (χ1) is 13.2. The molecule has 0 saturated heterocycles. The van der Waals surface area contributed by atoms with Gasteiger partial charge in [-0.05, 0) is 67.9 Å².